The summed E-state index contributed by atoms with van der Waals surface area (Å²) < 4.78 is 18.9. The predicted octanol–water partition coefficient (Wildman–Crippen LogP) is 3.72. The second-order valence-corrected chi connectivity index (χ2v) is 4.55. The molecule has 0 amide bonds. The highest BCUT2D eigenvalue weighted by Gasteiger charge is 2.06. The summed E-state index contributed by atoms with van der Waals surface area (Å²) in [5.41, 5.74) is 2.35. The highest BCUT2D eigenvalue weighted by Crippen LogP contribution is 2.20. The molecule has 0 saturated heterocycles. The van der Waals surface area contributed by atoms with Crippen LogP contribution in [0.4, 0.5) is 4.39 Å². The second kappa shape index (κ2) is 6.36. The first-order valence-electron chi connectivity index (χ1n) is 5.97. The van der Waals surface area contributed by atoms with Gasteiger partial charge >= 0.3 is 0 Å². The first-order valence-corrected chi connectivity index (χ1v) is 6.50. The minimum Gasteiger partial charge on any atom is -0.487 e. The molecular formula is C15H12ClFN2O. The Hall–Kier alpha value is -2.12. The molecule has 0 atom stereocenters. The molecule has 5 heteroatoms. The van der Waals surface area contributed by atoms with Crippen molar-refractivity contribution in [3.05, 3.63) is 58.7 Å². The summed E-state index contributed by atoms with van der Waals surface area (Å²) in [7, 11) is 0. The maximum Gasteiger partial charge on any atom is 0.142 e. The summed E-state index contributed by atoms with van der Waals surface area (Å²) >= 11 is 5.81. The van der Waals surface area contributed by atoms with Gasteiger partial charge in [-0.15, -0.1) is 11.6 Å². The normalized spacial score (nSPS) is 10.1. The molecule has 0 unspecified atom stereocenters. The smallest absolute Gasteiger partial charge is 0.142 e. The van der Waals surface area contributed by atoms with Crippen molar-refractivity contribution < 1.29 is 9.13 Å². The summed E-state index contributed by atoms with van der Waals surface area (Å²) in [6.07, 6.45) is 0. The van der Waals surface area contributed by atoms with Gasteiger partial charge in [-0.25, -0.2) is 4.39 Å². The number of pyridine rings is 1. The number of nitriles is 1. The van der Waals surface area contributed by atoms with Gasteiger partial charge in [0, 0.05) is 5.69 Å². The molecule has 0 saturated carbocycles. The lowest BCUT2D eigenvalue weighted by Crippen LogP contribution is -2.01. The van der Waals surface area contributed by atoms with Gasteiger partial charge in [0.2, 0.25) is 0 Å². The van der Waals surface area contributed by atoms with Gasteiger partial charge in [-0.05, 0) is 42.8 Å². The molecule has 3 nitrogen and oxygen atoms in total. The van der Waals surface area contributed by atoms with Gasteiger partial charge < -0.3 is 4.74 Å². The van der Waals surface area contributed by atoms with Crippen LogP contribution in [0, 0.1) is 24.1 Å². The fraction of sp³-hybridized carbons (Fsp3) is 0.200. The van der Waals surface area contributed by atoms with Crippen molar-refractivity contribution in [2.24, 2.45) is 0 Å². The van der Waals surface area contributed by atoms with Crippen LogP contribution in [0.5, 0.6) is 5.75 Å². The van der Waals surface area contributed by atoms with Gasteiger partial charge in [0.15, 0.2) is 0 Å². The molecule has 1 aromatic heterocycles. The van der Waals surface area contributed by atoms with E-state index in [1.807, 2.05) is 19.1 Å². The lowest BCUT2D eigenvalue weighted by atomic mass is 10.1. The zero-order chi connectivity index (χ0) is 14.5. The third kappa shape index (κ3) is 3.46. The minimum atomic E-state index is -0.456. The van der Waals surface area contributed by atoms with E-state index < -0.39 is 5.82 Å². The van der Waals surface area contributed by atoms with E-state index in [1.165, 1.54) is 12.1 Å². The van der Waals surface area contributed by atoms with Gasteiger partial charge in [-0.1, -0.05) is 0 Å². The molecule has 1 heterocycles. The lowest BCUT2D eigenvalue weighted by Gasteiger charge is -2.10. The largest absolute Gasteiger partial charge is 0.487 e. The van der Waals surface area contributed by atoms with Crippen LogP contribution in [0.2, 0.25) is 0 Å². The molecule has 0 N–H and O–H groups in total. The summed E-state index contributed by atoms with van der Waals surface area (Å²) in [6, 6.07) is 9.61. The standard InChI is InChI=1S/C15H12ClFN2O/c1-10-2-3-15(14(7-16)19-10)20-9-12-4-11(8-18)5-13(17)6-12/h2-6H,7,9H2,1H3. The maximum absolute atomic E-state index is 13.3. The molecule has 1 aromatic carbocycles. The molecule has 102 valence electrons. The fourth-order valence-electron chi connectivity index (χ4n) is 1.78. The SMILES string of the molecule is Cc1ccc(OCc2cc(F)cc(C#N)c2)c(CCl)n1. The van der Waals surface area contributed by atoms with E-state index in [1.54, 1.807) is 12.1 Å². The average Bonchev–Trinajstić information content (AvgIpc) is 2.45. The Morgan fingerprint density at radius 2 is 2.15 bits per heavy atom. The second-order valence-electron chi connectivity index (χ2n) is 4.28. The number of nitrogens with zero attached hydrogens (tertiary/aromatic N) is 2. The molecule has 0 aliphatic rings. The van der Waals surface area contributed by atoms with Gasteiger partial charge in [0.1, 0.15) is 18.2 Å². The molecule has 0 aliphatic carbocycles. The molecule has 0 bridgehead atoms. The first-order chi connectivity index (χ1) is 9.62. The van der Waals surface area contributed by atoms with Gasteiger partial charge in [-0.3, -0.25) is 4.98 Å². The number of benzene rings is 1. The molecule has 0 fully saturated rings. The highest BCUT2D eigenvalue weighted by atomic mass is 35.5. The molecule has 2 aromatic rings. The molecule has 2 rings (SSSR count). The molecular weight excluding hydrogens is 279 g/mol. The zero-order valence-electron chi connectivity index (χ0n) is 10.9. The first kappa shape index (κ1) is 14.3. The number of aryl methyl sites for hydroxylation is 1. The number of hydrogen-bond donors (Lipinski definition) is 0. The summed E-state index contributed by atoms with van der Waals surface area (Å²) in [5, 5.41) is 8.80. The molecule has 0 aliphatic heterocycles. The third-order valence-electron chi connectivity index (χ3n) is 2.68. The maximum atomic E-state index is 13.3. The van der Waals surface area contributed by atoms with Gasteiger partial charge in [-0.2, -0.15) is 5.26 Å². The number of alkyl halides is 1. The summed E-state index contributed by atoms with van der Waals surface area (Å²) in [5.74, 6) is 0.347. The monoisotopic (exact) mass is 290 g/mol. The third-order valence-corrected chi connectivity index (χ3v) is 2.93. The molecule has 20 heavy (non-hydrogen) atoms. The van der Waals surface area contributed by atoms with Crippen molar-refractivity contribution >= 4 is 11.6 Å². The number of ether oxygens (including phenoxy) is 1. The van der Waals surface area contributed by atoms with Crippen molar-refractivity contribution in [2.75, 3.05) is 0 Å². The predicted molar refractivity (Wildman–Crippen MR) is 74.0 cm³/mol. The number of aromatic nitrogens is 1. The Morgan fingerprint density at radius 1 is 1.35 bits per heavy atom. The van der Waals surface area contributed by atoms with Crippen LogP contribution < -0.4 is 4.74 Å². The van der Waals surface area contributed by atoms with Crippen LogP contribution in [0.3, 0.4) is 0 Å². The van der Waals surface area contributed by atoms with Crippen LogP contribution in [0.25, 0.3) is 0 Å². The average molecular weight is 291 g/mol. The van der Waals surface area contributed by atoms with Crippen molar-refractivity contribution in [3.63, 3.8) is 0 Å². The Balaban J connectivity index is 2.17. The Kier molecular flexibility index (Phi) is 4.54. The minimum absolute atomic E-state index is 0.154. The Morgan fingerprint density at radius 3 is 2.85 bits per heavy atom. The van der Waals surface area contributed by atoms with E-state index in [-0.39, 0.29) is 18.1 Å². The zero-order valence-corrected chi connectivity index (χ0v) is 11.6. The van der Waals surface area contributed by atoms with E-state index in [4.69, 9.17) is 21.6 Å². The van der Waals surface area contributed by atoms with Crippen LogP contribution >= 0.6 is 11.6 Å². The van der Waals surface area contributed by atoms with Gasteiger partial charge in [0.05, 0.1) is 23.2 Å². The quantitative estimate of drug-likeness (QED) is 0.806. The van der Waals surface area contributed by atoms with Crippen molar-refractivity contribution in [1.82, 2.24) is 4.98 Å². The van der Waals surface area contributed by atoms with Crippen LogP contribution in [-0.2, 0) is 12.5 Å². The lowest BCUT2D eigenvalue weighted by molar-refractivity contribution is 0.301. The van der Waals surface area contributed by atoms with Crippen molar-refractivity contribution in [2.45, 2.75) is 19.4 Å². The van der Waals surface area contributed by atoms with E-state index in [2.05, 4.69) is 4.98 Å². The van der Waals surface area contributed by atoms with Crippen LogP contribution in [-0.4, -0.2) is 4.98 Å². The number of rotatable bonds is 4. The molecule has 0 spiro atoms. The topological polar surface area (TPSA) is 45.9 Å². The van der Waals surface area contributed by atoms with Crippen LogP contribution in [0.1, 0.15) is 22.5 Å². The van der Waals surface area contributed by atoms with Gasteiger partial charge in [0.25, 0.3) is 0 Å². The fourth-order valence-corrected chi connectivity index (χ4v) is 1.98. The summed E-state index contributed by atoms with van der Waals surface area (Å²) in [6.45, 7) is 2.02. The van der Waals surface area contributed by atoms with E-state index in [0.29, 0.717) is 17.0 Å². The van der Waals surface area contributed by atoms with Crippen LogP contribution in [0.15, 0.2) is 30.3 Å². The Bertz CT molecular complexity index is 667. The number of halogens is 2. The molecule has 0 radical (unpaired) electrons. The highest BCUT2D eigenvalue weighted by molar-refractivity contribution is 6.17. The summed E-state index contributed by atoms with van der Waals surface area (Å²) in [4.78, 5) is 4.27. The van der Waals surface area contributed by atoms with Crippen molar-refractivity contribution in [1.29, 1.82) is 5.26 Å². The number of hydrogen-bond acceptors (Lipinski definition) is 3. The van der Waals surface area contributed by atoms with E-state index >= 15 is 0 Å². The Labute approximate surface area is 121 Å². The van der Waals surface area contributed by atoms with E-state index in [0.717, 1.165) is 5.69 Å². The van der Waals surface area contributed by atoms with E-state index in [9.17, 15) is 4.39 Å². The van der Waals surface area contributed by atoms with Crippen molar-refractivity contribution in [3.8, 4) is 11.8 Å².